The number of primary amides is 2. The minimum atomic E-state index is -0.709. The fourth-order valence-electron chi connectivity index (χ4n) is 2.24. The molecule has 0 atom stereocenters. The molecule has 0 radical (unpaired) electrons. The van der Waals surface area contributed by atoms with Gasteiger partial charge in [-0.1, -0.05) is 12.1 Å². The van der Waals surface area contributed by atoms with Crippen LogP contribution in [0.2, 0.25) is 0 Å². The molecule has 0 saturated carbocycles. The molecule has 7 heteroatoms. The Labute approximate surface area is 141 Å². The molecular weight excluding hydrogens is 326 g/mol. The van der Waals surface area contributed by atoms with Crippen molar-refractivity contribution in [1.29, 1.82) is 0 Å². The van der Waals surface area contributed by atoms with Gasteiger partial charge in [-0.25, -0.2) is 4.98 Å². The molecule has 0 aliphatic rings. The first-order valence-corrected chi connectivity index (χ1v) is 7.82. The van der Waals surface area contributed by atoms with E-state index in [1.165, 1.54) is 23.5 Å². The van der Waals surface area contributed by atoms with Crippen LogP contribution in [0.4, 0.5) is 0 Å². The number of hydrogen-bond donors (Lipinski definition) is 3. The first-order valence-electron chi connectivity index (χ1n) is 6.94. The Morgan fingerprint density at radius 1 is 1.00 bits per heavy atom. The molecule has 120 valence electrons. The van der Waals surface area contributed by atoms with Crippen molar-refractivity contribution in [3.8, 4) is 27.6 Å². The number of nitrogens with zero attached hydrogens (tertiary/aromatic N) is 1. The Bertz CT molecular complexity index is 950. The van der Waals surface area contributed by atoms with Crippen LogP contribution in [-0.4, -0.2) is 21.9 Å². The SMILES string of the molecule is NC(=O)c1cccc(-c2nc(-c3ccc(O)c(C(N)=O)c3)cs2)c1. The Hall–Kier alpha value is -3.19. The minimum Gasteiger partial charge on any atom is -0.507 e. The fraction of sp³-hybridized carbons (Fsp3) is 0. The summed E-state index contributed by atoms with van der Waals surface area (Å²) < 4.78 is 0. The first kappa shape index (κ1) is 15.7. The predicted octanol–water partition coefficient (Wildman–Crippen LogP) is 2.38. The molecule has 0 bridgehead atoms. The summed E-state index contributed by atoms with van der Waals surface area (Å²) in [5, 5.41) is 12.2. The Morgan fingerprint density at radius 2 is 1.79 bits per heavy atom. The number of amides is 2. The number of rotatable bonds is 4. The van der Waals surface area contributed by atoms with Crippen LogP contribution in [0.3, 0.4) is 0 Å². The van der Waals surface area contributed by atoms with Crippen molar-refractivity contribution in [1.82, 2.24) is 4.98 Å². The molecule has 2 amide bonds. The average molecular weight is 339 g/mol. The Morgan fingerprint density at radius 3 is 2.50 bits per heavy atom. The lowest BCUT2D eigenvalue weighted by Gasteiger charge is -2.03. The number of aromatic hydroxyl groups is 1. The quantitative estimate of drug-likeness (QED) is 0.676. The summed E-state index contributed by atoms with van der Waals surface area (Å²) >= 11 is 1.39. The highest BCUT2D eigenvalue weighted by Crippen LogP contribution is 2.31. The van der Waals surface area contributed by atoms with Gasteiger partial charge in [0.25, 0.3) is 5.91 Å². The summed E-state index contributed by atoms with van der Waals surface area (Å²) in [6, 6.07) is 11.4. The van der Waals surface area contributed by atoms with Crippen molar-refractivity contribution < 1.29 is 14.7 Å². The van der Waals surface area contributed by atoms with Crippen LogP contribution in [0.15, 0.2) is 47.8 Å². The Balaban J connectivity index is 2.00. The lowest BCUT2D eigenvalue weighted by atomic mass is 10.1. The summed E-state index contributed by atoms with van der Waals surface area (Å²) in [5.41, 5.74) is 13.1. The number of thiazole rings is 1. The van der Waals surface area contributed by atoms with E-state index in [4.69, 9.17) is 11.5 Å². The lowest BCUT2D eigenvalue weighted by molar-refractivity contribution is 0.0990. The largest absolute Gasteiger partial charge is 0.507 e. The standard InChI is InChI=1S/C17H13N3O3S/c18-15(22)10-2-1-3-11(6-10)17-20-13(8-24-17)9-4-5-14(21)12(7-9)16(19)23/h1-8,21H,(H2,18,22)(H2,19,23). The average Bonchev–Trinajstić information content (AvgIpc) is 3.05. The monoisotopic (exact) mass is 339 g/mol. The van der Waals surface area contributed by atoms with Crippen LogP contribution < -0.4 is 11.5 Å². The predicted molar refractivity (Wildman–Crippen MR) is 91.7 cm³/mol. The number of nitrogens with two attached hydrogens (primary N) is 2. The molecule has 1 aromatic heterocycles. The zero-order valence-electron chi connectivity index (χ0n) is 12.4. The van der Waals surface area contributed by atoms with Gasteiger partial charge < -0.3 is 16.6 Å². The van der Waals surface area contributed by atoms with Gasteiger partial charge in [0.1, 0.15) is 10.8 Å². The fourth-order valence-corrected chi connectivity index (χ4v) is 3.06. The van der Waals surface area contributed by atoms with E-state index in [0.717, 1.165) is 5.56 Å². The van der Waals surface area contributed by atoms with Crippen LogP contribution in [0, 0.1) is 0 Å². The number of carbonyl (C=O) groups is 2. The maximum absolute atomic E-state index is 11.3. The van der Waals surface area contributed by atoms with Crippen molar-refractivity contribution >= 4 is 23.2 Å². The smallest absolute Gasteiger partial charge is 0.252 e. The summed E-state index contributed by atoms with van der Waals surface area (Å²) in [6.45, 7) is 0. The van der Waals surface area contributed by atoms with E-state index in [9.17, 15) is 14.7 Å². The molecule has 3 rings (SSSR count). The van der Waals surface area contributed by atoms with Gasteiger partial charge in [-0.2, -0.15) is 0 Å². The Kier molecular flexibility index (Phi) is 4.01. The summed E-state index contributed by atoms with van der Waals surface area (Å²) in [6.07, 6.45) is 0. The van der Waals surface area contributed by atoms with Gasteiger partial charge in [0.2, 0.25) is 5.91 Å². The van der Waals surface area contributed by atoms with E-state index in [0.29, 0.717) is 21.8 Å². The van der Waals surface area contributed by atoms with Gasteiger partial charge in [-0.15, -0.1) is 11.3 Å². The molecular formula is C17H13N3O3S. The number of phenols is 1. The molecule has 0 fully saturated rings. The zero-order chi connectivity index (χ0) is 17.3. The van der Waals surface area contributed by atoms with E-state index in [1.807, 2.05) is 11.4 Å². The third-order valence-electron chi connectivity index (χ3n) is 3.46. The molecule has 0 unspecified atom stereocenters. The zero-order valence-corrected chi connectivity index (χ0v) is 13.2. The van der Waals surface area contributed by atoms with Crippen LogP contribution in [-0.2, 0) is 0 Å². The highest BCUT2D eigenvalue weighted by Gasteiger charge is 2.12. The third-order valence-corrected chi connectivity index (χ3v) is 4.35. The summed E-state index contributed by atoms with van der Waals surface area (Å²) in [5.74, 6) is -1.38. The highest BCUT2D eigenvalue weighted by molar-refractivity contribution is 7.13. The van der Waals surface area contributed by atoms with E-state index < -0.39 is 11.8 Å². The number of aromatic nitrogens is 1. The molecule has 24 heavy (non-hydrogen) atoms. The third kappa shape index (κ3) is 2.97. The van der Waals surface area contributed by atoms with Crippen molar-refractivity contribution in [2.45, 2.75) is 0 Å². The van der Waals surface area contributed by atoms with E-state index in [2.05, 4.69) is 4.98 Å². The molecule has 0 spiro atoms. The summed E-state index contributed by atoms with van der Waals surface area (Å²) in [7, 11) is 0. The highest BCUT2D eigenvalue weighted by atomic mass is 32.1. The first-order chi connectivity index (χ1) is 11.5. The van der Waals surface area contributed by atoms with Crippen molar-refractivity contribution in [3.05, 3.63) is 59.0 Å². The van der Waals surface area contributed by atoms with Gasteiger partial charge in [-0.3, -0.25) is 9.59 Å². The van der Waals surface area contributed by atoms with Gasteiger partial charge >= 0.3 is 0 Å². The number of carbonyl (C=O) groups excluding carboxylic acids is 2. The second-order valence-corrected chi connectivity index (χ2v) is 5.94. The normalized spacial score (nSPS) is 10.5. The number of benzene rings is 2. The molecule has 0 aliphatic carbocycles. The maximum atomic E-state index is 11.3. The van der Waals surface area contributed by atoms with Gasteiger partial charge in [0, 0.05) is 22.1 Å². The second kappa shape index (κ2) is 6.13. The minimum absolute atomic E-state index is 0.0396. The summed E-state index contributed by atoms with van der Waals surface area (Å²) in [4.78, 5) is 27.1. The van der Waals surface area contributed by atoms with Crippen LogP contribution >= 0.6 is 11.3 Å². The number of hydrogen-bond acceptors (Lipinski definition) is 5. The van der Waals surface area contributed by atoms with Gasteiger partial charge in [0.15, 0.2) is 0 Å². The molecule has 3 aromatic rings. The van der Waals surface area contributed by atoms with E-state index in [1.54, 1.807) is 24.3 Å². The van der Waals surface area contributed by atoms with Gasteiger partial charge in [-0.05, 0) is 30.3 Å². The molecule has 0 aliphatic heterocycles. The van der Waals surface area contributed by atoms with Crippen LogP contribution in [0.1, 0.15) is 20.7 Å². The van der Waals surface area contributed by atoms with Crippen LogP contribution in [0.25, 0.3) is 21.8 Å². The van der Waals surface area contributed by atoms with Gasteiger partial charge in [0.05, 0.1) is 11.3 Å². The molecule has 1 heterocycles. The molecule has 6 nitrogen and oxygen atoms in total. The van der Waals surface area contributed by atoms with E-state index in [-0.39, 0.29) is 11.3 Å². The van der Waals surface area contributed by atoms with Crippen molar-refractivity contribution in [2.75, 3.05) is 0 Å². The second-order valence-electron chi connectivity index (χ2n) is 5.08. The van der Waals surface area contributed by atoms with E-state index >= 15 is 0 Å². The molecule has 0 saturated heterocycles. The topological polar surface area (TPSA) is 119 Å². The van der Waals surface area contributed by atoms with Crippen molar-refractivity contribution in [3.63, 3.8) is 0 Å². The maximum Gasteiger partial charge on any atom is 0.252 e. The molecule has 2 aromatic carbocycles. The lowest BCUT2D eigenvalue weighted by Crippen LogP contribution is -2.11. The van der Waals surface area contributed by atoms with Crippen LogP contribution in [0.5, 0.6) is 5.75 Å². The molecule has 5 N–H and O–H groups in total. The van der Waals surface area contributed by atoms with Crippen molar-refractivity contribution in [2.24, 2.45) is 11.5 Å².